The molecular formula is C15H27N3O2S. The maximum Gasteiger partial charge on any atom is 0.234 e. The summed E-state index contributed by atoms with van der Waals surface area (Å²) in [5.41, 5.74) is 5.07. The molecule has 0 bridgehead atoms. The van der Waals surface area contributed by atoms with Gasteiger partial charge >= 0.3 is 0 Å². The molecule has 0 aliphatic heterocycles. The summed E-state index contributed by atoms with van der Waals surface area (Å²) in [4.78, 5) is 12.7. The van der Waals surface area contributed by atoms with Gasteiger partial charge in [0.05, 0.1) is 0 Å². The minimum atomic E-state index is -0.800. The molecule has 0 heterocycles. The van der Waals surface area contributed by atoms with Crippen molar-refractivity contribution in [2.24, 2.45) is 16.3 Å². The van der Waals surface area contributed by atoms with Gasteiger partial charge in [0, 0.05) is 11.3 Å². The van der Waals surface area contributed by atoms with E-state index in [4.69, 9.17) is 10.9 Å². The first kappa shape index (κ1) is 16.5. The van der Waals surface area contributed by atoms with Crippen LogP contribution in [0.4, 0.5) is 0 Å². The van der Waals surface area contributed by atoms with Gasteiger partial charge in [-0.3, -0.25) is 4.79 Å². The molecule has 2 aliphatic carbocycles. The van der Waals surface area contributed by atoms with E-state index in [1.165, 1.54) is 12.8 Å². The van der Waals surface area contributed by atoms with Gasteiger partial charge in [0.1, 0.15) is 5.41 Å². The van der Waals surface area contributed by atoms with Gasteiger partial charge in [-0.2, -0.15) is 11.8 Å². The summed E-state index contributed by atoms with van der Waals surface area (Å²) in [6.07, 6.45) is 11.3. The second-order valence-electron chi connectivity index (χ2n) is 6.40. The largest absolute Gasteiger partial charge is 0.409 e. The fourth-order valence-corrected chi connectivity index (χ4v) is 4.65. The first-order valence-corrected chi connectivity index (χ1v) is 9.12. The van der Waals surface area contributed by atoms with Crippen LogP contribution in [0, 0.1) is 5.41 Å². The lowest BCUT2D eigenvalue weighted by Gasteiger charge is -2.36. The SMILES string of the molecule is CSC1(CNC(=O)C2(C(N)=NO)CCCCC2)CCCC1. The zero-order valence-corrected chi connectivity index (χ0v) is 13.7. The number of amides is 1. The van der Waals surface area contributed by atoms with E-state index < -0.39 is 5.41 Å². The highest BCUT2D eigenvalue weighted by Crippen LogP contribution is 2.41. The summed E-state index contributed by atoms with van der Waals surface area (Å²) in [5, 5.41) is 15.3. The highest BCUT2D eigenvalue weighted by atomic mass is 32.2. The van der Waals surface area contributed by atoms with Crippen LogP contribution in [0.3, 0.4) is 0 Å². The molecule has 6 heteroatoms. The molecule has 1 amide bonds. The van der Waals surface area contributed by atoms with Gasteiger partial charge in [-0.25, -0.2) is 0 Å². The number of rotatable bonds is 5. The molecule has 2 fully saturated rings. The lowest BCUT2D eigenvalue weighted by molar-refractivity contribution is -0.129. The molecule has 0 unspecified atom stereocenters. The average Bonchev–Trinajstić information content (AvgIpc) is 3.02. The third-order valence-electron chi connectivity index (χ3n) is 5.26. The Balaban J connectivity index is 2.05. The molecule has 0 aromatic carbocycles. The molecule has 4 N–H and O–H groups in total. The fourth-order valence-electron chi connectivity index (χ4n) is 3.73. The summed E-state index contributed by atoms with van der Waals surface area (Å²) in [6.45, 7) is 0.688. The van der Waals surface area contributed by atoms with Crippen molar-refractivity contribution in [1.82, 2.24) is 5.32 Å². The maximum atomic E-state index is 12.7. The normalized spacial score (nSPS) is 24.7. The van der Waals surface area contributed by atoms with E-state index in [-0.39, 0.29) is 16.5 Å². The molecule has 0 radical (unpaired) electrons. The summed E-state index contributed by atoms with van der Waals surface area (Å²) >= 11 is 1.86. The predicted molar refractivity (Wildman–Crippen MR) is 86.7 cm³/mol. The molecule has 2 aliphatic rings. The van der Waals surface area contributed by atoms with Gasteiger partial charge in [-0.1, -0.05) is 37.3 Å². The standard InChI is InChI=1S/C15H27N3O2S/c1-21-14(7-5-6-8-14)11-17-13(19)15(12(16)18-20)9-3-2-4-10-15/h20H,2-11H2,1H3,(H2,16,18)(H,17,19). The Bertz CT molecular complexity index is 400. The topological polar surface area (TPSA) is 87.7 Å². The van der Waals surface area contributed by atoms with E-state index in [1.807, 2.05) is 11.8 Å². The Labute approximate surface area is 131 Å². The molecule has 0 atom stereocenters. The van der Waals surface area contributed by atoms with Crippen LogP contribution in [0.2, 0.25) is 0 Å². The van der Waals surface area contributed by atoms with Crippen LogP contribution >= 0.6 is 11.8 Å². The van der Waals surface area contributed by atoms with Crippen molar-refractivity contribution >= 4 is 23.5 Å². The summed E-state index contributed by atoms with van der Waals surface area (Å²) in [7, 11) is 0. The first-order valence-electron chi connectivity index (χ1n) is 7.90. The molecule has 2 saturated carbocycles. The smallest absolute Gasteiger partial charge is 0.234 e. The van der Waals surface area contributed by atoms with Crippen LogP contribution in [0.5, 0.6) is 0 Å². The number of amidine groups is 1. The molecule has 0 spiro atoms. The Morgan fingerprint density at radius 3 is 2.29 bits per heavy atom. The Hall–Kier alpha value is -0.910. The minimum absolute atomic E-state index is 0.0576. The molecule has 0 saturated heterocycles. The lowest BCUT2D eigenvalue weighted by Crippen LogP contribution is -2.53. The van der Waals surface area contributed by atoms with Gasteiger partial charge < -0.3 is 16.3 Å². The van der Waals surface area contributed by atoms with Gasteiger partial charge in [0.25, 0.3) is 0 Å². The second-order valence-corrected chi connectivity index (χ2v) is 7.68. The number of carbonyl (C=O) groups excluding carboxylic acids is 1. The van der Waals surface area contributed by atoms with E-state index in [9.17, 15) is 4.79 Å². The van der Waals surface area contributed by atoms with Crippen molar-refractivity contribution < 1.29 is 10.0 Å². The molecule has 0 aromatic rings. The highest BCUT2D eigenvalue weighted by Gasteiger charge is 2.44. The van der Waals surface area contributed by atoms with Crippen LogP contribution in [-0.4, -0.2) is 34.5 Å². The number of thioether (sulfide) groups is 1. The average molecular weight is 313 g/mol. The maximum absolute atomic E-state index is 12.7. The monoisotopic (exact) mass is 313 g/mol. The van der Waals surface area contributed by atoms with Crippen molar-refractivity contribution in [2.75, 3.05) is 12.8 Å². The third-order valence-corrected chi connectivity index (χ3v) is 6.68. The molecule has 5 nitrogen and oxygen atoms in total. The summed E-state index contributed by atoms with van der Waals surface area (Å²) in [5.74, 6) is 0.0159. The molecular weight excluding hydrogens is 286 g/mol. The number of hydrogen-bond donors (Lipinski definition) is 3. The Morgan fingerprint density at radius 2 is 1.76 bits per heavy atom. The fraction of sp³-hybridized carbons (Fsp3) is 0.867. The molecule has 120 valence electrons. The number of hydrogen-bond acceptors (Lipinski definition) is 4. The molecule has 0 aromatic heterocycles. The first-order chi connectivity index (χ1) is 10.1. The van der Waals surface area contributed by atoms with Crippen molar-refractivity contribution in [2.45, 2.75) is 62.5 Å². The predicted octanol–water partition coefficient (Wildman–Crippen LogP) is 2.48. The number of carbonyl (C=O) groups is 1. The molecule has 21 heavy (non-hydrogen) atoms. The number of nitrogens with one attached hydrogen (secondary N) is 1. The van der Waals surface area contributed by atoms with Crippen molar-refractivity contribution in [3.63, 3.8) is 0 Å². The van der Waals surface area contributed by atoms with Gasteiger partial charge in [-0.15, -0.1) is 0 Å². The van der Waals surface area contributed by atoms with Crippen molar-refractivity contribution in [3.05, 3.63) is 0 Å². The van der Waals surface area contributed by atoms with Crippen LogP contribution < -0.4 is 11.1 Å². The molecule has 2 rings (SSSR count). The second kappa shape index (κ2) is 6.90. The van der Waals surface area contributed by atoms with Crippen molar-refractivity contribution in [3.8, 4) is 0 Å². The number of oxime groups is 1. The number of nitrogens with zero attached hydrogens (tertiary/aromatic N) is 1. The van der Waals surface area contributed by atoms with E-state index in [0.29, 0.717) is 19.4 Å². The number of nitrogens with two attached hydrogens (primary N) is 1. The van der Waals surface area contributed by atoms with Gasteiger partial charge in [0.15, 0.2) is 5.84 Å². The van der Waals surface area contributed by atoms with E-state index >= 15 is 0 Å². The summed E-state index contributed by atoms with van der Waals surface area (Å²) in [6, 6.07) is 0. The zero-order chi connectivity index (χ0) is 15.3. The lowest BCUT2D eigenvalue weighted by atomic mass is 9.72. The van der Waals surface area contributed by atoms with Crippen LogP contribution in [-0.2, 0) is 4.79 Å². The third kappa shape index (κ3) is 3.30. The van der Waals surface area contributed by atoms with E-state index in [0.717, 1.165) is 32.1 Å². The van der Waals surface area contributed by atoms with Crippen LogP contribution in [0.25, 0.3) is 0 Å². The minimum Gasteiger partial charge on any atom is -0.409 e. The van der Waals surface area contributed by atoms with Crippen LogP contribution in [0.1, 0.15) is 57.8 Å². The van der Waals surface area contributed by atoms with Crippen LogP contribution in [0.15, 0.2) is 5.16 Å². The van der Waals surface area contributed by atoms with Gasteiger partial charge in [0.2, 0.25) is 5.91 Å². The Kier molecular flexibility index (Phi) is 5.41. The summed E-state index contributed by atoms with van der Waals surface area (Å²) < 4.78 is 0.177. The van der Waals surface area contributed by atoms with E-state index in [2.05, 4.69) is 16.7 Å². The van der Waals surface area contributed by atoms with E-state index in [1.54, 1.807) is 0 Å². The zero-order valence-electron chi connectivity index (χ0n) is 12.9. The quantitative estimate of drug-likeness (QED) is 0.315. The highest BCUT2D eigenvalue weighted by molar-refractivity contribution is 8.00. The van der Waals surface area contributed by atoms with Crippen molar-refractivity contribution in [1.29, 1.82) is 0 Å². The Morgan fingerprint density at radius 1 is 1.19 bits per heavy atom. The van der Waals surface area contributed by atoms with Gasteiger partial charge in [-0.05, 0) is 31.9 Å².